The summed E-state index contributed by atoms with van der Waals surface area (Å²) in [5, 5.41) is 33.4. The van der Waals surface area contributed by atoms with Gasteiger partial charge in [0.15, 0.2) is 23.2 Å². The van der Waals surface area contributed by atoms with Gasteiger partial charge in [-0.25, -0.2) is 19.9 Å². The molecule has 1 fully saturated rings. The Morgan fingerprint density at radius 1 is 1.37 bits per heavy atom. The topological polar surface area (TPSA) is 154 Å². The number of nitrogens with one attached hydrogen (secondary N) is 2. The van der Waals surface area contributed by atoms with Gasteiger partial charge in [0.25, 0.3) is 0 Å². The highest BCUT2D eigenvalue weighted by molar-refractivity contribution is 5.82. The summed E-state index contributed by atoms with van der Waals surface area (Å²) in [7, 11) is 0. The van der Waals surface area contributed by atoms with E-state index in [2.05, 4.69) is 30.2 Å². The average molecular weight is 375 g/mol. The maximum atomic E-state index is 10.7. The van der Waals surface area contributed by atoms with E-state index < -0.39 is 30.6 Å². The number of anilines is 1. The van der Waals surface area contributed by atoms with Crippen LogP contribution in [-0.4, -0.2) is 75.8 Å². The van der Waals surface area contributed by atoms with Gasteiger partial charge in [-0.05, 0) is 6.92 Å². The number of imidazole rings is 2. The monoisotopic (exact) mass is 375 g/mol. The summed E-state index contributed by atoms with van der Waals surface area (Å²) in [6, 6.07) is 0. The Labute approximate surface area is 154 Å². The van der Waals surface area contributed by atoms with Crippen LogP contribution in [0.15, 0.2) is 25.2 Å². The predicted molar refractivity (Wildman–Crippen MR) is 93.7 cm³/mol. The Morgan fingerprint density at radius 2 is 2.22 bits per heavy atom. The summed E-state index contributed by atoms with van der Waals surface area (Å²) < 4.78 is 7.18. The van der Waals surface area contributed by atoms with Crippen LogP contribution in [0.5, 0.6) is 0 Å². The average Bonchev–Trinajstić information content (AvgIpc) is 3.36. The van der Waals surface area contributed by atoms with Gasteiger partial charge in [-0.1, -0.05) is 0 Å². The quantitative estimate of drug-likeness (QED) is 0.373. The number of nitrogens with zero attached hydrogens (tertiary/aromatic N) is 5. The number of rotatable bonds is 6. The molecule has 4 atom stereocenters. The molecule has 1 aliphatic heterocycles. The molecule has 0 radical (unpaired) electrons. The summed E-state index contributed by atoms with van der Waals surface area (Å²) >= 11 is 0. The van der Waals surface area contributed by atoms with Crippen LogP contribution >= 0.6 is 0 Å². The minimum atomic E-state index is -1.61. The molecule has 11 heteroatoms. The Bertz CT molecular complexity index is 911. The minimum Gasteiger partial charge on any atom is -0.394 e. The maximum absolute atomic E-state index is 10.7. The van der Waals surface area contributed by atoms with Crippen LogP contribution in [0.4, 0.5) is 5.82 Å². The molecule has 4 heterocycles. The third-order valence-corrected chi connectivity index (χ3v) is 4.79. The molecule has 1 aliphatic rings. The third-order valence-electron chi connectivity index (χ3n) is 4.79. The van der Waals surface area contributed by atoms with Gasteiger partial charge in [0.05, 0.1) is 19.3 Å². The molecule has 5 N–H and O–H groups in total. The van der Waals surface area contributed by atoms with Gasteiger partial charge < -0.3 is 30.4 Å². The molecule has 1 saturated heterocycles. The van der Waals surface area contributed by atoms with E-state index in [0.717, 1.165) is 12.1 Å². The van der Waals surface area contributed by atoms with E-state index in [9.17, 15) is 15.3 Å². The fourth-order valence-corrected chi connectivity index (χ4v) is 3.28. The highest BCUT2D eigenvalue weighted by Crippen LogP contribution is 2.39. The standard InChI is InChI=1S/C16H21N7O4/c1-16(26)12(25)10(5-24)27-15(16)23-8-22-11-13(20-7-21-14(11)23)18-3-2-9-4-17-6-19-9/h4,6-8,10,12,15,24-26H,2-3,5H2,1H3,(H,17,19)(H,18,20,21)/t10-,12-,15-,16+/m1/s1. The molecule has 0 aromatic carbocycles. The van der Waals surface area contributed by atoms with E-state index >= 15 is 0 Å². The van der Waals surface area contributed by atoms with Crippen LogP contribution in [0.3, 0.4) is 0 Å². The second-order valence-electron chi connectivity index (χ2n) is 6.68. The van der Waals surface area contributed by atoms with Crippen LogP contribution in [0.25, 0.3) is 11.2 Å². The van der Waals surface area contributed by atoms with Crippen molar-refractivity contribution in [2.24, 2.45) is 0 Å². The van der Waals surface area contributed by atoms with E-state index in [1.807, 2.05) is 0 Å². The number of fused-ring (bicyclic) bond motifs is 1. The number of ether oxygens (including phenoxy) is 1. The number of aliphatic hydroxyl groups is 3. The minimum absolute atomic E-state index is 0.407. The largest absolute Gasteiger partial charge is 0.394 e. The van der Waals surface area contributed by atoms with E-state index in [0.29, 0.717) is 23.5 Å². The highest BCUT2D eigenvalue weighted by atomic mass is 16.6. The molecule has 0 amide bonds. The lowest BCUT2D eigenvalue weighted by atomic mass is 9.96. The number of hydrogen-bond acceptors (Lipinski definition) is 9. The second kappa shape index (κ2) is 6.85. The van der Waals surface area contributed by atoms with E-state index in [4.69, 9.17) is 4.74 Å². The molecule has 144 valence electrons. The van der Waals surface area contributed by atoms with Crippen molar-refractivity contribution >= 4 is 17.0 Å². The zero-order chi connectivity index (χ0) is 19.0. The Balaban J connectivity index is 1.59. The molecule has 3 aromatic heterocycles. The summed E-state index contributed by atoms with van der Waals surface area (Å²) in [5.41, 5.74) is 0.353. The molecular formula is C16H21N7O4. The van der Waals surface area contributed by atoms with Crippen molar-refractivity contribution in [3.63, 3.8) is 0 Å². The molecule has 3 aromatic rings. The number of aromatic amines is 1. The van der Waals surface area contributed by atoms with Gasteiger partial charge in [0, 0.05) is 24.9 Å². The Hall–Kier alpha value is -2.60. The van der Waals surface area contributed by atoms with Crippen LogP contribution in [0, 0.1) is 0 Å². The van der Waals surface area contributed by atoms with E-state index in [1.165, 1.54) is 24.1 Å². The normalized spacial score (nSPS) is 28.1. The summed E-state index contributed by atoms with van der Waals surface area (Å²) in [6.45, 7) is 1.66. The van der Waals surface area contributed by atoms with Crippen molar-refractivity contribution in [2.75, 3.05) is 18.5 Å². The molecule has 0 unspecified atom stereocenters. The lowest BCUT2D eigenvalue weighted by molar-refractivity contribution is -0.0950. The molecule has 0 aliphatic carbocycles. The van der Waals surface area contributed by atoms with Crippen molar-refractivity contribution in [3.05, 3.63) is 30.9 Å². The SMILES string of the molecule is C[C@]1(O)[C@H](O)[C@@H](CO)O[C@H]1n1cnc2c(NCCc3cnc[nH]3)ncnc21. The maximum Gasteiger partial charge on any atom is 0.168 e. The molecule has 4 rings (SSSR count). The fraction of sp³-hybridized carbons (Fsp3) is 0.500. The molecule has 0 spiro atoms. The summed E-state index contributed by atoms with van der Waals surface area (Å²) in [6.07, 6.45) is 3.91. The first kappa shape index (κ1) is 17.8. The van der Waals surface area contributed by atoms with Gasteiger partial charge in [-0.3, -0.25) is 4.57 Å². The van der Waals surface area contributed by atoms with Crippen molar-refractivity contribution in [2.45, 2.75) is 37.4 Å². The molecule has 11 nitrogen and oxygen atoms in total. The van der Waals surface area contributed by atoms with E-state index in [1.54, 1.807) is 12.5 Å². The summed E-state index contributed by atoms with van der Waals surface area (Å²) in [5.74, 6) is 0.551. The first-order chi connectivity index (χ1) is 13.0. The molecule has 0 bridgehead atoms. The second-order valence-corrected chi connectivity index (χ2v) is 6.68. The molecule has 27 heavy (non-hydrogen) atoms. The van der Waals surface area contributed by atoms with Crippen molar-refractivity contribution in [1.29, 1.82) is 0 Å². The first-order valence-electron chi connectivity index (χ1n) is 8.57. The van der Waals surface area contributed by atoms with Gasteiger partial charge in [-0.2, -0.15) is 0 Å². The van der Waals surface area contributed by atoms with Crippen molar-refractivity contribution < 1.29 is 20.1 Å². The van der Waals surface area contributed by atoms with Gasteiger partial charge in [0.2, 0.25) is 0 Å². The van der Waals surface area contributed by atoms with Crippen LogP contribution in [0.2, 0.25) is 0 Å². The van der Waals surface area contributed by atoms with Gasteiger partial charge in [0.1, 0.15) is 24.1 Å². The zero-order valence-electron chi connectivity index (χ0n) is 14.6. The highest BCUT2D eigenvalue weighted by Gasteiger charge is 2.53. The van der Waals surface area contributed by atoms with Crippen molar-refractivity contribution in [1.82, 2.24) is 29.5 Å². The predicted octanol–water partition coefficient (Wildman–Crippen LogP) is -0.794. The van der Waals surface area contributed by atoms with Gasteiger partial charge >= 0.3 is 0 Å². The van der Waals surface area contributed by atoms with Crippen LogP contribution in [-0.2, 0) is 11.2 Å². The lowest BCUT2D eigenvalue weighted by Gasteiger charge is -2.27. The third kappa shape index (κ3) is 3.04. The van der Waals surface area contributed by atoms with Crippen LogP contribution < -0.4 is 5.32 Å². The first-order valence-corrected chi connectivity index (χ1v) is 8.57. The smallest absolute Gasteiger partial charge is 0.168 e. The van der Waals surface area contributed by atoms with E-state index in [-0.39, 0.29) is 0 Å². The van der Waals surface area contributed by atoms with Crippen molar-refractivity contribution in [3.8, 4) is 0 Å². The zero-order valence-corrected chi connectivity index (χ0v) is 14.6. The fourth-order valence-electron chi connectivity index (χ4n) is 3.28. The summed E-state index contributed by atoms with van der Waals surface area (Å²) in [4.78, 5) is 19.8. The number of hydrogen-bond donors (Lipinski definition) is 5. The number of aliphatic hydroxyl groups excluding tert-OH is 2. The molecular weight excluding hydrogens is 354 g/mol. The Kier molecular flexibility index (Phi) is 4.52. The number of aromatic nitrogens is 6. The Morgan fingerprint density at radius 3 is 2.93 bits per heavy atom. The van der Waals surface area contributed by atoms with Gasteiger partial charge in [-0.15, -0.1) is 0 Å². The van der Waals surface area contributed by atoms with Crippen LogP contribution in [0.1, 0.15) is 18.8 Å². The molecule has 0 saturated carbocycles. The lowest BCUT2D eigenvalue weighted by Crippen LogP contribution is -2.44. The number of H-pyrrole nitrogens is 1.